The van der Waals surface area contributed by atoms with Gasteiger partial charge in [-0.1, -0.05) is 26.0 Å². The first-order valence-corrected chi connectivity index (χ1v) is 6.79. The van der Waals surface area contributed by atoms with Gasteiger partial charge in [-0.3, -0.25) is 4.90 Å². The van der Waals surface area contributed by atoms with Gasteiger partial charge in [0.1, 0.15) is 17.9 Å². The number of hydrogen-bond acceptors (Lipinski definition) is 3. The summed E-state index contributed by atoms with van der Waals surface area (Å²) in [5.74, 6) is -0.514. The molecule has 0 spiro atoms. The highest BCUT2D eigenvalue weighted by atomic mass is 16.5. The normalized spacial score (nSPS) is 12.4. The molecule has 0 aliphatic carbocycles. The second kappa shape index (κ2) is 7.79. The number of para-hydroxylation sites is 1. The summed E-state index contributed by atoms with van der Waals surface area (Å²) >= 11 is 0. The molecule has 0 radical (unpaired) electrons. The van der Waals surface area contributed by atoms with E-state index in [9.17, 15) is 4.79 Å². The minimum absolute atomic E-state index is 0.217. The van der Waals surface area contributed by atoms with Gasteiger partial charge in [-0.05, 0) is 32.0 Å². The van der Waals surface area contributed by atoms with E-state index in [4.69, 9.17) is 9.84 Å². The molecule has 0 fully saturated rings. The molecular weight excluding hydrogens is 242 g/mol. The Morgan fingerprint density at radius 1 is 1.37 bits per heavy atom. The molecule has 1 N–H and O–H groups in total. The molecule has 4 nitrogen and oxygen atoms in total. The lowest BCUT2D eigenvalue weighted by Crippen LogP contribution is -2.35. The average Bonchev–Trinajstić information content (AvgIpc) is 2.43. The number of carboxylic acid groups (broad SMARTS) is 1. The van der Waals surface area contributed by atoms with Crippen LogP contribution in [0.2, 0.25) is 0 Å². The molecule has 19 heavy (non-hydrogen) atoms. The van der Waals surface area contributed by atoms with E-state index in [0.29, 0.717) is 18.4 Å². The van der Waals surface area contributed by atoms with Crippen LogP contribution in [-0.2, 0) is 0 Å². The van der Waals surface area contributed by atoms with Crippen molar-refractivity contribution in [3.8, 4) is 5.75 Å². The molecule has 1 atom stereocenters. The van der Waals surface area contributed by atoms with Gasteiger partial charge in [-0.25, -0.2) is 4.79 Å². The molecule has 0 saturated heterocycles. The second-order valence-electron chi connectivity index (χ2n) is 4.54. The Bertz CT molecular complexity index is 406. The largest absolute Gasteiger partial charge is 0.491 e. The van der Waals surface area contributed by atoms with Crippen molar-refractivity contribution in [1.29, 1.82) is 0 Å². The SMILES string of the molecule is CCC(C)N(CC)CCOc1ccccc1C(=O)O. The first kappa shape index (κ1) is 15.5. The standard InChI is InChI=1S/C15H23NO3/c1-4-12(3)16(5-2)10-11-19-14-9-7-6-8-13(14)15(17)18/h6-9,12H,4-5,10-11H2,1-3H3,(H,17,18). The number of ether oxygens (including phenoxy) is 1. The van der Waals surface area contributed by atoms with Crippen molar-refractivity contribution in [2.45, 2.75) is 33.2 Å². The molecule has 1 aromatic carbocycles. The highest BCUT2D eigenvalue weighted by Crippen LogP contribution is 2.17. The van der Waals surface area contributed by atoms with Gasteiger partial charge in [0.05, 0.1) is 0 Å². The quantitative estimate of drug-likeness (QED) is 0.785. The van der Waals surface area contributed by atoms with Crippen molar-refractivity contribution in [3.05, 3.63) is 29.8 Å². The van der Waals surface area contributed by atoms with Crippen LogP contribution in [0, 0.1) is 0 Å². The number of hydrogen-bond donors (Lipinski definition) is 1. The molecule has 0 bridgehead atoms. The summed E-state index contributed by atoms with van der Waals surface area (Å²) in [7, 11) is 0. The Labute approximate surface area is 115 Å². The predicted molar refractivity (Wildman–Crippen MR) is 75.9 cm³/mol. The summed E-state index contributed by atoms with van der Waals surface area (Å²) in [6, 6.07) is 7.26. The van der Waals surface area contributed by atoms with Crippen LogP contribution in [0.4, 0.5) is 0 Å². The van der Waals surface area contributed by atoms with E-state index in [1.807, 2.05) is 0 Å². The maximum atomic E-state index is 11.0. The summed E-state index contributed by atoms with van der Waals surface area (Å²) in [6.45, 7) is 8.75. The summed E-state index contributed by atoms with van der Waals surface area (Å²) in [5.41, 5.74) is 0.217. The minimum Gasteiger partial charge on any atom is -0.491 e. The van der Waals surface area contributed by atoms with E-state index in [1.54, 1.807) is 24.3 Å². The van der Waals surface area contributed by atoms with Crippen LogP contribution >= 0.6 is 0 Å². The van der Waals surface area contributed by atoms with Gasteiger partial charge >= 0.3 is 5.97 Å². The van der Waals surface area contributed by atoms with Crippen LogP contribution in [0.5, 0.6) is 5.75 Å². The maximum Gasteiger partial charge on any atom is 0.339 e. The average molecular weight is 265 g/mol. The van der Waals surface area contributed by atoms with Crippen LogP contribution in [0.1, 0.15) is 37.6 Å². The van der Waals surface area contributed by atoms with E-state index < -0.39 is 5.97 Å². The molecule has 1 rings (SSSR count). The maximum absolute atomic E-state index is 11.0. The Morgan fingerprint density at radius 2 is 2.05 bits per heavy atom. The molecule has 4 heteroatoms. The van der Waals surface area contributed by atoms with Gasteiger partial charge in [-0.15, -0.1) is 0 Å². The molecule has 0 amide bonds. The van der Waals surface area contributed by atoms with Crippen LogP contribution in [0.15, 0.2) is 24.3 Å². The summed E-state index contributed by atoms with van der Waals surface area (Å²) in [4.78, 5) is 13.4. The van der Waals surface area contributed by atoms with Gasteiger partial charge in [0.2, 0.25) is 0 Å². The Kier molecular flexibility index (Phi) is 6.36. The molecule has 0 aliphatic heterocycles. The van der Waals surface area contributed by atoms with Gasteiger partial charge in [0.25, 0.3) is 0 Å². The fraction of sp³-hybridized carbons (Fsp3) is 0.533. The monoisotopic (exact) mass is 265 g/mol. The number of rotatable bonds is 8. The molecule has 1 unspecified atom stereocenters. The van der Waals surface area contributed by atoms with Gasteiger partial charge in [-0.2, -0.15) is 0 Å². The van der Waals surface area contributed by atoms with E-state index in [-0.39, 0.29) is 5.56 Å². The third-order valence-corrected chi connectivity index (χ3v) is 3.37. The Morgan fingerprint density at radius 3 is 2.63 bits per heavy atom. The Balaban J connectivity index is 2.55. The fourth-order valence-electron chi connectivity index (χ4n) is 1.99. The second-order valence-corrected chi connectivity index (χ2v) is 4.54. The zero-order chi connectivity index (χ0) is 14.3. The minimum atomic E-state index is -0.954. The first-order chi connectivity index (χ1) is 9.10. The third kappa shape index (κ3) is 4.56. The predicted octanol–water partition coefficient (Wildman–Crippen LogP) is 2.88. The summed E-state index contributed by atoms with van der Waals surface area (Å²) < 4.78 is 5.60. The molecule has 1 aromatic rings. The molecular formula is C15H23NO3. The van der Waals surface area contributed by atoms with Gasteiger partial charge in [0.15, 0.2) is 0 Å². The lowest BCUT2D eigenvalue weighted by Gasteiger charge is -2.26. The topological polar surface area (TPSA) is 49.8 Å². The van der Waals surface area contributed by atoms with Gasteiger partial charge in [0, 0.05) is 12.6 Å². The zero-order valence-electron chi connectivity index (χ0n) is 11.9. The number of likely N-dealkylation sites (N-methyl/N-ethyl adjacent to an activating group) is 1. The number of carboxylic acids is 1. The molecule has 0 saturated carbocycles. The van der Waals surface area contributed by atoms with Crippen molar-refractivity contribution >= 4 is 5.97 Å². The number of nitrogens with zero attached hydrogens (tertiary/aromatic N) is 1. The van der Waals surface area contributed by atoms with Crippen molar-refractivity contribution in [3.63, 3.8) is 0 Å². The van der Waals surface area contributed by atoms with E-state index in [1.165, 1.54) is 0 Å². The summed E-state index contributed by atoms with van der Waals surface area (Å²) in [6.07, 6.45) is 1.10. The lowest BCUT2D eigenvalue weighted by molar-refractivity contribution is 0.0691. The highest BCUT2D eigenvalue weighted by Gasteiger charge is 2.12. The van der Waals surface area contributed by atoms with Crippen molar-refractivity contribution in [2.24, 2.45) is 0 Å². The van der Waals surface area contributed by atoms with Crippen LogP contribution in [-0.4, -0.2) is 41.7 Å². The van der Waals surface area contributed by atoms with E-state index in [2.05, 4.69) is 25.7 Å². The first-order valence-electron chi connectivity index (χ1n) is 6.79. The molecule has 106 valence electrons. The summed E-state index contributed by atoms with van der Waals surface area (Å²) in [5, 5.41) is 9.06. The Hall–Kier alpha value is -1.55. The molecule has 0 aromatic heterocycles. The van der Waals surface area contributed by atoms with Gasteiger partial charge < -0.3 is 9.84 Å². The van der Waals surface area contributed by atoms with Crippen LogP contribution < -0.4 is 4.74 Å². The van der Waals surface area contributed by atoms with Crippen molar-refractivity contribution in [1.82, 2.24) is 4.90 Å². The number of aromatic carboxylic acids is 1. The third-order valence-electron chi connectivity index (χ3n) is 3.37. The van der Waals surface area contributed by atoms with Crippen molar-refractivity contribution in [2.75, 3.05) is 19.7 Å². The lowest BCUT2D eigenvalue weighted by atomic mass is 10.2. The van der Waals surface area contributed by atoms with Crippen molar-refractivity contribution < 1.29 is 14.6 Å². The highest BCUT2D eigenvalue weighted by molar-refractivity contribution is 5.90. The molecule has 0 heterocycles. The fourth-order valence-corrected chi connectivity index (χ4v) is 1.99. The smallest absolute Gasteiger partial charge is 0.339 e. The molecule has 0 aliphatic rings. The number of carbonyl (C=O) groups is 1. The van der Waals surface area contributed by atoms with Crippen LogP contribution in [0.25, 0.3) is 0 Å². The zero-order valence-corrected chi connectivity index (χ0v) is 11.9. The van der Waals surface area contributed by atoms with E-state index in [0.717, 1.165) is 19.5 Å². The van der Waals surface area contributed by atoms with Crippen LogP contribution in [0.3, 0.4) is 0 Å². The van der Waals surface area contributed by atoms with E-state index >= 15 is 0 Å². The number of benzene rings is 1.